The molecule has 0 fully saturated rings. The first-order valence-electron chi connectivity index (χ1n) is 6.46. The number of nitrogens with one attached hydrogen (secondary N) is 2. The molecule has 0 atom stereocenters. The zero-order chi connectivity index (χ0) is 16.4. The summed E-state index contributed by atoms with van der Waals surface area (Å²) < 4.78 is 26.4. The molecule has 1 heterocycles. The molecular weight excluding hydrogens is 294 g/mol. The summed E-state index contributed by atoms with van der Waals surface area (Å²) in [6, 6.07) is 0. The lowest BCUT2D eigenvalue weighted by Crippen LogP contribution is -2.51. The number of sulfonamides is 1. The van der Waals surface area contributed by atoms with Crippen molar-refractivity contribution in [2.24, 2.45) is 0 Å². The molecule has 0 unspecified atom stereocenters. The predicted octanol–water partition coefficient (Wildman–Crippen LogP) is -0.474. The average molecular weight is 317 g/mol. The monoisotopic (exact) mass is 317 g/mol. The van der Waals surface area contributed by atoms with Crippen molar-refractivity contribution >= 4 is 21.6 Å². The average Bonchev–Trinajstić information content (AvgIpc) is 2.52. The normalized spacial score (nSPS) is 12.4. The SMILES string of the molecule is Cc1nn(CC(=O)NCC(C)(C)NS(C)(=O)=O)c(C)c1N. The molecule has 0 bridgehead atoms. The van der Waals surface area contributed by atoms with E-state index in [1.54, 1.807) is 27.7 Å². The number of nitrogen functional groups attached to an aromatic ring is 1. The predicted molar refractivity (Wildman–Crippen MR) is 81.2 cm³/mol. The van der Waals surface area contributed by atoms with E-state index >= 15 is 0 Å². The summed E-state index contributed by atoms with van der Waals surface area (Å²) in [6.45, 7) is 7.16. The Labute approximate surface area is 125 Å². The van der Waals surface area contributed by atoms with Gasteiger partial charge in [-0.05, 0) is 27.7 Å². The minimum Gasteiger partial charge on any atom is -0.396 e. The van der Waals surface area contributed by atoms with Crippen LogP contribution in [-0.2, 0) is 21.4 Å². The fraction of sp³-hybridized carbons (Fsp3) is 0.667. The summed E-state index contributed by atoms with van der Waals surface area (Å²) in [6.07, 6.45) is 1.08. The van der Waals surface area contributed by atoms with Gasteiger partial charge in [0.1, 0.15) is 6.54 Å². The van der Waals surface area contributed by atoms with Gasteiger partial charge in [-0.2, -0.15) is 5.10 Å². The summed E-state index contributed by atoms with van der Waals surface area (Å²) in [7, 11) is -3.33. The fourth-order valence-corrected chi connectivity index (χ4v) is 2.99. The first-order chi connectivity index (χ1) is 9.41. The molecule has 1 amide bonds. The van der Waals surface area contributed by atoms with E-state index in [1.165, 1.54) is 4.68 Å². The number of nitrogens with two attached hydrogens (primary N) is 1. The zero-order valence-corrected chi connectivity index (χ0v) is 13.8. The van der Waals surface area contributed by atoms with Crippen molar-refractivity contribution in [3.05, 3.63) is 11.4 Å². The fourth-order valence-electron chi connectivity index (χ4n) is 1.91. The van der Waals surface area contributed by atoms with Gasteiger partial charge in [0.05, 0.1) is 23.3 Å². The van der Waals surface area contributed by atoms with Gasteiger partial charge in [0.2, 0.25) is 15.9 Å². The topological polar surface area (TPSA) is 119 Å². The van der Waals surface area contributed by atoms with Gasteiger partial charge in [0, 0.05) is 12.1 Å². The van der Waals surface area contributed by atoms with Crippen LogP contribution in [0.1, 0.15) is 25.2 Å². The second-order valence-electron chi connectivity index (χ2n) is 5.78. The Morgan fingerprint density at radius 3 is 2.38 bits per heavy atom. The van der Waals surface area contributed by atoms with Crippen molar-refractivity contribution in [2.75, 3.05) is 18.5 Å². The first-order valence-corrected chi connectivity index (χ1v) is 8.35. The van der Waals surface area contributed by atoms with Gasteiger partial charge in [0.25, 0.3) is 0 Å². The maximum absolute atomic E-state index is 11.9. The highest BCUT2D eigenvalue weighted by atomic mass is 32.2. The number of aromatic nitrogens is 2. The van der Waals surface area contributed by atoms with E-state index in [0.717, 1.165) is 11.9 Å². The molecule has 1 aromatic rings. The zero-order valence-electron chi connectivity index (χ0n) is 13.0. The Kier molecular flexibility index (Phi) is 5.00. The highest BCUT2D eigenvalue weighted by Gasteiger charge is 2.23. The van der Waals surface area contributed by atoms with E-state index in [9.17, 15) is 13.2 Å². The number of anilines is 1. The van der Waals surface area contributed by atoms with Crippen LogP contribution in [0.2, 0.25) is 0 Å². The van der Waals surface area contributed by atoms with Crippen molar-refractivity contribution in [3.63, 3.8) is 0 Å². The van der Waals surface area contributed by atoms with Crippen LogP contribution in [0.3, 0.4) is 0 Å². The summed E-state index contributed by atoms with van der Waals surface area (Å²) in [5.74, 6) is -0.260. The van der Waals surface area contributed by atoms with Gasteiger partial charge in [-0.1, -0.05) is 0 Å². The van der Waals surface area contributed by atoms with Crippen LogP contribution in [-0.4, -0.2) is 42.4 Å². The molecule has 0 aromatic carbocycles. The third-order valence-corrected chi connectivity index (χ3v) is 3.84. The van der Waals surface area contributed by atoms with Crippen LogP contribution in [0.4, 0.5) is 5.69 Å². The molecule has 0 spiro atoms. The van der Waals surface area contributed by atoms with Crippen LogP contribution in [0.5, 0.6) is 0 Å². The number of hydrogen-bond acceptors (Lipinski definition) is 5. The minimum atomic E-state index is -3.33. The van der Waals surface area contributed by atoms with Crippen LogP contribution in [0, 0.1) is 13.8 Å². The number of carbonyl (C=O) groups excluding carboxylic acids is 1. The lowest BCUT2D eigenvalue weighted by molar-refractivity contribution is -0.122. The Morgan fingerprint density at radius 2 is 1.95 bits per heavy atom. The second-order valence-corrected chi connectivity index (χ2v) is 7.53. The number of amides is 1. The van der Waals surface area contributed by atoms with Gasteiger partial charge in [0.15, 0.2) is 0 Å². The van der Waals surface area contributed by atoms with Crippen LogP contribution in [0.25, 0.3) is 0 Å². The molecule has 0 aliphatic heterocycles. The standard InChI is InChI=1S/C12H23N5O3S/c1-8-11(13)9(2)17(15-8)6-10(18)14-7-12(3,4)16-21(5,19)20/h16H,6-7,13H2,1-5H3,(H,14,18). The summed E-state index contributed by atoms with van der Waals surface area (Å²) >= 11 is 0. The van der Waals surface area contributed by atoms with E-state index in [-0.39, 0.29) is 19.0 Å². The summed E-state index contributed by atoms with van der Waals surface area (Å²) in [5, 5.41) is 6.86. The third kappa shape index (κ3) is 5.35. The molecule has 120 valence electrons. The van der Waals surface area contributed by atoms with E-state index < -0.39 is 15.6 Å². The van der Waals surface area contributed by atoms with Gasteiger partial charge < -0.3 is 11.1 Å². The smallest absolute Gasteiger partial charge is 0.241 e. The van der Waals surface area contributed by atoms with E-state index in [2.05, 4.69) is 15.1 Å². The van der Waals surface area contributed by atoms with E-state index in [1.807, 2.05) is 0 Å². The van der Waals surface area contributed by atoms with Crippen LogP contribution < -0.4 is 15.8 Å². The number of nitrogens with zero attached hydrogens (tertiary/aromatic N) is 2. The lowest BCUT2D eigenvalue weighted by Gasteiger charge is -2.25. The number of rotatable bonds is 6. The lowest BCUT2D eigenvalue weighted by atomic mass is 10.1. The second kappa shape index (κ2) is 6.02. The Morgan fingerprint density at radius 1 is 1.38 bits per heavy atom. The molecule has 0 saturated heterocycles. The third-order valence-electron chi connectivity index (χ3n) is 2.92. The maximum atomic E-state index is 11.9. The Balaban J connectivity index is 2.60. The van der Waals surface area contributed by atoms with Gasteiger partial charge in [-0.25, -0.2) is 13.1 Å². The van der Waals surface area contributed by atoms with Gasteiger partial charge in [-0.15, -0.1) is 0 Å². The molecule has 21 heavy (non-hydrogen) atoms. The molecule has 1 aromatic heterocycles. The van der Waals surface area contributed by atoms with Crippen molar-refractivity contribution in [3.8, 4) is 0 Å². The van der Waals surface area contributed by atoms with E-state index in [4.69, 9.17) is 5.73 Å². The number of aryl methyl sites for hydroxylation is 1. The molecule has 4 N–H and O–H groups in total. The Hall–Kier alpha value is -1.61. The highest BCUT2D eigenvalue weighted by molar-refractivity contribution is 7.88. The minimum absolute atomic E-state index is 0.0405. The Bertz CT molecular complexity index is 634. The summed E-state index contributed by atoms with van der Waals surface area (Å²) in [5.41, 5.74) is 7.02. The van der Waals surface area contributed by atoms with Crippen molar-refractivity contribution in [1.82, 2.24) is 19.8 Å². The molecule has 0 aliphatic rings. The van der Waals surface area contributed by atoms with Crippen LogP contribution in [0.15, 0.2) is 0 Å². The van der Waals surface area contributed by atoms with Crippen LogP contribution >= 0.6 is 0 Å². The molecule has 0 saturated carbocycles. The van der Waals surface area contributed by atoms with Crippen molar-refractivity contribution in [2.45, 2.75) is 39.8 Å². The van der Waals surface area contributed by atoms with Gasteiger partial charge >= 0.3 is 0 Å². The number of hydrogen-bond donors (Lipinski definition) is 3. The maximum Gasteiger partial charge on any atom is 0.241 e. The molecule has 0 radical (unpaired) electrons. The molecule has 0 aliphatic carbocycles. The van der Waals surface area contributed by atoms with Crippen molar-refractivity contribution in [1.29, 1.82) is 0 Å². The number of carbonyl (C=O) groups is 1. The molecule has 1 rings (SSSR count). The van der Waals surface area contributed by atoms with Gasteiger partial charge in [-0.3, -0.25) is 9.48 Å². The van der Waals surface area contributed by atoms with Crippen molar-refractivity contribution < 1.29 is 13.2 Å². The molecular formula is C12H23N5O3S. The largest absolute Gasteiger partial charge is 0.396 e. The molecule has 9 heteroatoms. The summed E-state index contributed by atoms with van der Waals surface area (Å²) in [4.78, 5) is 11.9. The van der Waals surface area contributed by atoms with E-state index in [0.29, 0.717) is 11.4 Å². The highest BCUT2D eigenvalue weighted by Crippen LogP contribution is 2.14. The molecule has 8 nitrogen and oxygen atoms in total. The first kappa shape index (κ1) is 17.4. The quantitative estimate of drug-likeness (QED) is 0.655.